The van der Waals surface area contributed by atoms with Crippen molar-refractivity contribution in [2.45, 2.75) is 13.0 Å². The van der Waals surface area contributed by atoms with Gasteiger partial charge in [0.05, 0.1) is 19.8 Å². The van der Waals surface area contributed by atoms with Crippen LogP contribution in [-0.2, 0) is 6.54 Å². The van der Waals surface area contributed by atoms with Crippen molar-refractivity contribution in [2.75, 3.05) is 14.2 Å². The number of carbonyl (C=O) groups excluding carboxylic acids is 1. The molecule has 0 fully saturated rings. The van der Waals surface area contributed by atoms with Crippen molar-refractivity contribution in [3.05, 3.63) is 44.5 Å². The first-order chi connectivity index (χ1) is 10.0. The maximum absolute atomic E-state index is 12.3. The Bertz CT molecular complexity index is 707. The van der Waals surface area contributed by atoms with E-state index in [-0.39, 0.29) is 24.3 Å². The minimum Gasteiger partial charge on any atom is -0.497 e. The molecule has 0 atom stereocenters. The quantitative estimate of drug-likeness (QED) is 0.765. The molecule has 7 heteroatoms. The van der Waals surface area contributed by atoms with Crippen LogP contribution in [0.25, 0.3) is 0 Å². The molecule has 2 aromatic rings. The number of rotatable bonds is 6. The standard InChI is InChI=1S/C14H14ClNO4S/c1-19-9-3-4-12(20-2)10(7-9)11(17)5-6-16-14(18)8-13(15)21-16/h3-4,7-8H,5-6H2,1-2H3. The molecule has 0 bridgehead atoms. The Labute approximate surface area is 130 Å². The first kappa shape index (κ1) is 15.6. The van der Waals surface area contributed by atoms with Crippen LogP contribution in [-0.4, -0.2) is 24.0 Å². The smallest absolute Gasteiger partial charge is 0.262 e. The molecule has 0 N–H and O–H groups in total. The van der Waals surface area contributed by atoms with Gasteiger partial charge in [-0.25, -0.2) is 0 Å². The number of ether oxygens (including phenoxy) is 2. The molecule has 0 radical (unpaired) electrons. The molecular weight excluding hydrogens is 314 g/mol. The fraction of sp³-hybridized carbons (Fsp3) is 0.286. The molecule has 0 spiro atoms. The number of hydrogen-bond donors (Lipinski definition) is 0. The van der Waals surface area contributed by atoms with Crippen LogP contribution < -0.4 is 15.0 Å². The molecule has 0 aliphatic rings. The third kappa shape index (κ3) is 3.65. The van der Waals surface area contributed by atoms with Crippen molar-refractivity contribution < 1.29 is 14.3 Å². The van der Waals surface area contributed by atoms with Crippen LogP contribution in [0.5, 0.6) is 11.5 Å². The van der Waals surface area contributed by atoms with Crippen molar-refractivity contribution in [2.24, 2.45) is 0 Å². The predicted octanol–water partition coefficient (Wildman–Crippen LogP) is 2.85. The Morgan fingerprint density at radius 1 is 1.29 bits per heavy atom. The van der Waals surface area contributed by atoms with Gasteiger partial charge in [-0.05, 0) is 29.7 Å². The number of benzene rings is 1. The lowest BCUT2D eigenvalue weighted by Crippen LogP contribution is -2.15. The van der Waals surface area contributed by atoms with Gasteiger partial charge in [0.25, 0.3) is 5.56 Å². The van der Waals surface area contributed by atoms with E-state index in [0.717, 1.165) is 11.5 Å². The third-order valence-electron chi connectivity index (χ3n) is 2.93. The largest absolute Gasteiger partial charge is 0.497 e. The summed E-state index contributed by atoms with van der Waals surface area (Å²) in [6, 6.07) is 6.37. The number of nitrogens with zero attached hydrogens (tertiary/aromatic N) is 1. The number of hydrogen-bond acceptors (Lipinski definition) is 5. The normalized spacial score (nSPS) is 10.4. The number of aromatic nitrogens is 1. The topological polar surface area (TPSA) is 57.5 Å². The molecule has 21 heavy (non-hydrogen) atoms. The predicted molar refractivity (Wildman–Crippen MR) is 82.1 cm³/mol. The Kier molecular flexibility index (Phi) is 5.03. The van der Waals surface area contributed by atoms with Crippen molar-refractivity contribution in [3.63, 3.8) is 0 Å². The Morgan fingerprint density at radius 3 is 2.62 bits per heavy atom. The van der Waals surface area contributed by atoms with Crippen molar-refractivity contribution >= 4 is 28.9 Å². The van der Waals surface area contributed by atoms with Crippen LogP contribution in [0.3, 0.4) is 0 Å². The second kappa shape index (κ2) is 6.78. The summed E-state index contributed by atoms with van der Waals surface area (Å²) in [6.45, 7) is 0.287. The number of methoxy groups -OCH3 is 2. The molecule has 2 rings (SSSR count). The van der Waals surface area contributed by atoms with E-state index < -0.39 is 0 Å². The van der Waals surface area contributed by atoms with Gasteiger partial charge in [-0.15, -0.1) is 0 Å². The van der Waals surface area contributed by atoms with E-state index in [1.54, 1.807) is 18.2 Å². The van der Waals surface area contributed by atoms with Crippen molar-refractivity contribution in [1.82, 2.24) is 3.96 Å². The molecule has 0 aliphatic heterocycles. The lowest BCUT2D eigenvalue weighted by atomic mass is 10.1. The highest BCUT2D eigenvalue weighted by Crippen LogP contribution is 2.25. The number of carbonyl (C=O) groups is 1. The zero-order valence-electron chi connectivity index (χ0n) is 11.6. The number of Topliss-reactive ketones (excluding diaryl/α,β-unsaturated/α-hetero) is 1. The van der Waals surface area contributed by atoms with Crippen LogP contribution in [0.4, 0.5) is 0 Å². The minimum absolute atomic E-state index is 0.123. The molecule has 0 saturated heterocycles. The maximum atomic E-state index is 12.3. The molecule has 1 aromatic carbocycles. The van der Waals surface area contributed by atoms with Crippen LogP contribution in [0, 0.1) is 0 Å². The highest BCUT2D eigenvalue weighted by molar-refractivity contribution is 7.11. The molecule has 5 nitrogen and oxygen atoms in total. The first-order valence-corrected chi connectivity index (χ1v) is 7.32. The van der Waals surface area contributed by atoms with Gasteiger partial charge in [-0.1, -0.05) is 11.6 Å². The monoisotopic (exact) mass is 327 g/mol. The van der Waals surface area contributed by atoms with Gasteiger partial charge in [0.1, 0.15) is 15.8 Å². The van der Waals surface area contributed by atoms with E-state index in [2.05, 4.69) is 0 Å². The third-order valence-corrected chi connectivity index (χ3v) is 4.12. The molecular formula is C14H14ClNO4S. The van der Waals surface area contributed by atoms with Crippen LogP contribution in [0.15, 0.2) is 29.1 Å². The second-order valence-corrected chi connectivity index (χ2v) is 5.91. The average molecular weight is 328 g/mol. The van der Waals surface area contributed by atoms with E-state index in [0.29, 0.717) is 21.4 Å². The lowest BCUT2D eigenvalue weighted by molar-refractivity contribution is 0.0974. The zero-order chi connectivity index (χ0) is 15.4. The summed E-state index contributed by atoms with van der Waals surface area (Å²) in [6.07, 6.45) is 0.181. The minimum atomic E-state index is -0.199. The molecule has 1 heterocycles. The molecule has 0 saturated carbocycles. The second-order valence-electron chi connectivity index (χ2n) is 4.22. The van der Waals surface area contributed by atoms with Gasteiger partial charge in [0.15, 0.2) is 5.78 Å². The van der Waals surface area contributed by atoms with E-state index in [4.69, 9.17) is 21.1 Å². The summed E-state index contributed by atoms with van der Waals surface area (Å²) in [5.41, 5.74) is 0.239. The van der Waals surface area contributed by atoms with Crippen LogP contribution >= 0.6 is 23.1 Å². The Morgan fingerprint density at radius 2 is 2.05 bits per heavy atom. The summed E-state index contributed by atoms with van der Waals surface area (Å²) in [5, 5.41) is 0. The van der Waals surface area contributed by atoms with Crippen molar-refractivity contribution in [1.29, 1.82) is 0 Å². The molecule has 0 unspecified atom stereocenters. The molecule has 0 aliphatic carbocycles. The number of halogens is 1. The summed E-state index contributed by atoms with van der Waals surface area (Å²) < 4.78 is 12.2. The van der Waals surface area contributed by atoms with Gasteiger partial charge < -0.3 is 9.47 Å². The van der Waals surface area contributed by atoms with Gasteiger partial charge in [-0.3, -0.25) is 13.5 Å². The Balaban J connectivity index is 2.16. The zero-order valence-corrected chi connectivity index (χ0v) is 13.2. The van der Waals surface area contributed by atoms with E-state index in [9.17, 15) is 9.59 Å². The highest BCUT2D eigenvalue weighted by atomic mass is 35.5. The van der Waals surface area contributed by atoms with Crippen molar-refractivity contribution in [3.8, 4) is 11.5 Å². The molecule has 0 amide bonds. The first-order valence-electron chi connectivity index (χ1n) is 6.17. The lowest BCUT2D eigenvalue weighted by Gasteiger charge is -2.09. The maximum Gasteiger partial charge on any atom is 0.262 e. The summed E-state index contributed by atoms with van der Waals surface area (Å²) in [5.74, 6) is 0.940. The van der Waals surface area contributed by atoms with Gasteiger partial charge in [0.2, 0.25) is 0 Å². The van der Waals surface area contributed by atoms with Gasteiger partial charge >= 0.3 is 0 Å². The van der Waals surface area contributed by atoms with Gasteiger partial charge in [-0.2, -0.15) is 0 Å². The van der Waals surface area contributed by atoms with E-state index >= 15 is 0 Å². The molecule has 1 aromatic heterocycles. The fourth-order valence-corrected chi connectivity index (χ4v) is 2.90. The molecule has 112 valence electrons. The number of aryl methyl sites for hydroxylation is 1. The highest BCUT2D eigenvalue weighted by Gasteiger charge is 2.14. The number of ketones is 1. The average Bonchev–Trinajstić information content (AvgIpc) is 2.81. The van der Waals surface area contributed by atoms with E-state index in [1.807, 2.05) is 0 Å². The van der Waals surface area contributed by atoms with Crippen LogP contribution in [0.2, 0.25) is 4.34 Å². The van der Waals surface area contributed by atoms with E-state index in [1.165, 1.54) is 24.2 Å². The summed E-state index contributed by atoms with van der Waals surface area (Å²) in [7, 11) is 3.03. The SMILES string of the molecule is COc1ccc(OC)c(C(=O)CCn2sc(Cl)cc2=O)c1. The van der Waals surface area contributed by atoms with Crippen LogP contribution in [0.1, 0.15) is 16.8 Å². The summed E-state index contributed by atoms with van der Waals surface area (Å²) in [4.78, 5) is 23.9. The summed E-state index contributed by atoms with van der Waals surface area (Å²) >= 11 is 6.89. The fourth-order valence-electron chi connectivity index (χ4n) is 1.87. The van der Waals surface area contributed by atoms with Gasteiger partial charge in [0, 0.05) is 19.0 Å². The Hall–Kier alpha value is -1.79.